The Balaban J connectivity index is 2.00. The molecule has 23 heavy (non-hydrogen) atoms. The number of anilines is 2. The molecule has 0 saturated carbocycles. The summed E-state index contributed by atoms with van der Waals surface area (Å²) in [5, 5.41) is 2.89. The van der Waals surface area contributed by atoms with Crippen LogP contribution in [0.5, 0.6) is 0 Å². The Labute approximate surface area is 133 Å². The van der Waals surface area contributed by atoms with Crippen LogP contribution in [0, 0.1) is 6.92 Å². The van der Waals surface area contributed by atoms with E-state index in [9.17, 15) is 13.2 Å². The lowest BCUT2D eigenvalue weighted by Crippen LogP contribution is -2.17. The average Bonchev–Trinajstić information content (AvgIpc) is 2.73. The van der Waals surface area contributed by atoms with Gasteiger partial charge in [-0.3, -0.25) is 0 Å². The second-order valence-corrected chi connectivity index (χ2v) is 5.87. The fourth-order valence-corrected chi connectivity index (χ4v) is 2.83. The Kier molecular flexibility index (Phi) is 4.24. The number of hydrogen-bond acceptors (Lipinski definition) is 3. The van der Waals surface area contributed by atoms with Crippen LogP contribution in [-0.4, -0.2) is 9.97 Å². The maximum atomic E-state index is 13.4. The first-order valence-electron chi connectivity index (χ1n) is 7.74. The lowest BCUT2D eigenvalue weighted by atomic mass is 10.1. The van der Waals surface area contributed by atoms with Gasteiger partial charge in [0.15, 0.2) is 5.69 Å². The third-order valence-electron chi connectivity index (χ3n) is 4.01. The zero-order chi connectivity index (χ0) is 16.4. The molecule has 0 unspecified atom stereocenters. The number of hydrogen-bond donors (Lipinski definition) is 1. The van der Waals surface area contributed by atoms with Crippen molar-refractivity contribution in [3.8, 4) is 0 Å². The molecular weight excluding hydrogens is 303 g/mol. The first kappa shape index (κ1) is 15.8. The number of aryl methyl sites for hydroxylation is 2. The van der Waals surface area contributed by atoms with E-state index in [2.05, 4.69) is 15.3 Å². The summed E-state index contributed by atoms with van der Waals surface area (Å²) in [5.74, 6) is 0.0156. The molecule has 1 heterocycles. The highest BCUT2D eigenvalue weighted by atomic mass is 19.4. The molecule has 0 saturated heterocycles. The fraction of sp³-hybridized carbons (Fsp3) is 0.412. The van der Waals surface area contributed by atoms with Gasteiger partial charge in [0.05, 0.1) is 0 Å². The molecule has 6 heteroatoms. The molecule has 2 aromatic rings. The van der Waals surface area contributed by atoms with E-state index in [1.165, 1.54) is 0 Å². The molecule has 0 atom stereocenters. The molecule has 1 aromatic carbocycles. The number of nitrogens with zero attached hydrogens (tertiary/aromatic N) is 2. The van der Waals surface area contributed by atoms with Gasteiger partial charge in [-0.1, -0.05) is 24.1 Å². The molecule has 1 N–H and O–H groups in total. The van der Waals surface area contributed by atoms with Gasteiger partial charge in [-0.2, -0.15) is 13.2 Å². The first-order valence-corrected chi connectivity index (χ1v) is 7.74. The Morgan fingerprint density at radius 3 is 2.35 bits per heavy atom. The van der Waals surface area contributed by atoms with Gasteiger partial charge in [0.2, 0.25) is 5.95 Å². The molecule has 0 spiro atoms. The smallest absolute Gasteiger partial charge is 0.324 e. The van der Waals surface area contributed by atoms with Crippen LogP contribution >= 0.6 is 0 Å². The monoisotopic (exact) mass is 321 g/mol. The van der Waals surface area contributed by atoms with Crippen LogP contribution in [0.1, 0.15) is 41.8 Å². The van der Waals surface area contributed by atoms with Crippen molar-refractivity contribution in [1.29, 1.82) is 0 Å². The fourth-order valence-electron chi connectivity index (χ4n) is 2.83. The summed E-state index contributed by atoms with van der Waals surface area (Å²) >= 11 is 0. The number of fused-ring (bicyclic) bond motifs is 1. The van der Waals surface area contributed by atoms with Crippen LogP contribution in [0.3, 0.4) is 0 Å². The highest BCUT2D eigenvalue weighted by molar-refractivity contribution is 5.54. The molecule has 0 amide bonds. The quantitative estimate of drug-likeness (QED) is 0.806. The minimum absolute atomic E-state index is 0.0156. The molecule has 3 rings (SSSR count). The predicted octanol–water partition coefficient (Wildman–Crippen LogP) is 4.82. The van der Waals surface area contributed by atoms with Crippen molar-refractivity contribution in [3.63, 3.8) is 0 Å². The molecule has 122 valence electrons. The summed E-state index contributed by atoms with van der Waals surface area (Å²) in [7, 11) is 0. The molecule has 3 nitrogen and oxygen atoms in total. The maximum Gasteiger partial charge on any atom is 0.433 e. The Morgan fingerprint density at radius 2 is 1.65 bits per heavy atom. The third-order valence-corrected chi connectivity index (χ3v) is 4.01. The molecule has 1 aromatic heterocycles. The standard InChI is InChI=1S/C17H18F3N3/c1-11-7-9-12(10-8-11)21-16-22-14-6-4-2-3-5-13(14)15(23-16)17(18,19)20/h7-10H,2-6H2,1H3,(H,21,22,23). The largest absolute Gasteiger partial charge is 0.433 e. The number of halogens is 3. The summed E-state index contributed by atoms with van der Waals surface area (Å²) in [4.78, 5) is 8.11. The molecule has 0 radical (unpaired) electrons. The summed E-state index contributed by atoms with van der Waals surface area (Å²) in [6.07, 6.45) is -0.941. The van der Waals surface area contributed by atoms with Crippen molar-refractivity contribution in [2.75, 3.05) is 5.32 Å². The van der Waals surface area contributed by atoms with Crippen molar-refractivity contribution in [3.05, 3.63) is 46.8 Å². The van der Waals surface area contributed by atoms with E-state index in [0.717, 1.165) is 24.8 Å². The topological polar surface area (TPSA) is 37.8 Å². The van der Waals surface area contributed by atoms with Crippen LogP contribution < -0.4 is 5.32 Å². The summed E-state index contributed by atoms with van der Waals surface area (Å²) < 4.78 is 40.1. The Bertz CT molecular complexity index is 693. The van der Waals surface area contributed by atoms with E-state index in [0.29, 0.717) is 24.2 Å². The zero-order valence-electron chi connectivity index (χ0n) is 12.9. The molecule has 0 fully saturated rings. The van der Waals surface area contributed by atoms with E-state index in [1.54, 1.807) is 12.1 Å². The van der Waals surface area contributed by atoms with Gasteiger partial charge in [-0.15, -0.1) is 0 Å². The van der Waals surface area contributed by atoms with Gasteiger partial charge >= 0.3 is 6.18 Å². The summed E-state index contributed by atoms with van der Waals surface area (Å²) in [6.45, 7) is 1.95. The second kappa shape index (κ2) is 6.18. The van der Waals surface area contributed by atoms with E-state index in [1.807, 2.05) is 19.1 Å². The summed E-state index contributed by atoms with van der Waals surface area (Å²) in [5.41, 5.74) is 1.76. The Morgan fingerprint density at radius 1 is 0.957 bits per heavy atom. The highest BCUT2D eigenvalue weighted by Gasteiger charge is 2.37. The van der Waals surface area contributed by atoms with Crippen molar-refractivity contribution in [2.45, 2.75) is 45.2 Å². The average molecular weight is 321 g/mol. The van der Waals surface area contributed by atoms with Gasteiger partial charge in [-0.25, -0.2) is 9.97 Å². The van der Waals surface area contributed by atoms with Crippen LogP contribution in [0.15, 0.2) is 24.3 Å². The molecule has 0 aliphatic heterocycles. The number of aromatic nitrogens is 2. The van der Waals surface area contributed by atoms with Crippen molar-refractivity contribution in [2.24, 2.45) is 0 Å². The van der Waals surface area contributed by atoms with Gasteiger partial charge in [0.25, 0.3) is 0 Å². The second-order valence-electron chi connectivity index (χ2n) is 5.87. The highest BCUT2D eigenvalue weighted by Crippen LogP contribution is 2.35. The lowest BCUT2D eigenvalue weighted by Gasteiger charge is -2.16. The number of alkyl halides is 3. The van der Waals surface area contributed by atoms with Crippen LogP contribution in [0.4, 0.5) is 24.8 Å². The third kappa shape index (κ3) is 3.63. The summed E-state index contributed by atoms with van der Waals surface area (Å²) in [6, 6.07) is 7.38. The van der Waals surface area contributed by atoms with Crippen LogP contribution in [0.25, 0.3) is 0 Å². The minimum Gasteiger partial charge on any atom is -0.324 e. The molecule has 1 aliphatic carbocycles. The minimum atomic E-state index is -4.46. The SMILES string of the molecule is Cc1ccc(Nc2nc3c(c(C(F)(F)F)n2)CCCCC3)cc1. The van der Waals surface area contributed by atoms with Crippen molar-refractivity contribution >= 4 is 11.6 Å². The molecule has 1 aliphatic rings. The van der Waals surface area contributed by atoms with E-state index in [4.69, 9.17) is 0 Å². The van der Waals surface area contributed by atoms with Gasteiger partial charge < -0.3 is 5.32 Å². The van der Waals surface area contributed by atoms with E-state index in [-0.39, 0.29) is 11.5 Å². The number of nitrogens with one attached hydrogen (secondary N) is 1. The molecule has 0 bridgehead atoms. The predicted molar refractivity (Wildman–Crippen MR) is 82.8 cm³/mol. The van der Waals surface area contributed by atoms with Crippen molar-refractivity contribution < 1.29 is 13.2 Å². The van der Waals surface area contributed by atoms with E-state index < -0.39 is 11.9 Å². The number of rotatable bonds is 2. The van der Waals surface area contributed by atoms with E-state index >= 15 is 0 Å². The normalized spacial score (nSPS) is 15.0. The zero-order valence-corrected chi connectivity index (χ0v) is 12.9. The van der Waals surface area contributed by atoms with Gasteiger partial charge in [0.1, 0.15) is 0 Å². The van der Waals surface area contributed by atoms with Gasteiger partial charge in [-0.05, 0) is 44.7 Å². The first-order chi connectivity index (χ1) is 10.9. The van der Waals surface area contributed by atoms with Crippen LogP contribution in [0.2, 0.25) is 0 Å². The lowest BCUT2D eigenvalue weighted by molar-refractivity contribution is -0.141. The number of benzene rings is 1. The van der Waals surface area contributed by atoms with Crippen molar-refractivity contribution in [1.82, 2.24) is 9.97 Å². The Hall–Kier alpha value is -2.11. The maximum absolute atomic E-state index is 13.4. The van der Waals surface area contributed by atoms with Gasteiger partial charge in [0, 0.05) is 16.9 Å². The molecular formula is C17H18F3N3. The van der Waals surface area contributed by atoms with Crippen LogP contribution in [-0.2, 0) is 19.0 Å².